The highest BCUT2D eigenvalue weighted by Crippen LogP contribution is 2.02. The molecule has 0 aromatic carbocycles. The fourth-order valence-electron chi connectivity index (χ4n) is 0.715. The number of nitrogens with one attached hydrogen (secondary N) is 1. The summed E-state index contributed by atoms with van der Waals surface area (Å²) in [5.74, 6) is 0.175. The molecule has 0 saturated heterocycles. The fourth-order valence-corrected chi connectivity index (χ4v) is 0.715. The molecule has 0 radical (unpaired) electrons. The monoisotopic (exact) mass is 123 g/mol. The molecule has 2 heteroatoms. The Morgan fingerprint density at radius 2 is 2.33 bits per heavy atom. The van der Waals surface area contributed by atoms with Crippen molar-refractivity contribution < 1.29 is 4.79 Å². The van der Waals surface area contributed by atoms with Crippen molar-refractivity contribution in [2.45, 2.75) is 6.42 Å². The van der Waals surface area contributed by atoms with E-state index in [9.17, 15) is 4.79 Å². The van der Waals surface area contributed by atoms with Crippen LogP contribution in [-0.4, -0.2) is 12.8 Å². The highest BCUT2D eigenvalue weighted by atomic mass is 16.1. The molecule has 1 rings (SSSR count). The molecule has 0 fully saturated rings. The molecule has 0 spiro atoms. The maximum absolute atomic E-state index is 10.6. The molecule has 1 N–H and O–H groups in total. The molecule has 0 aromatic rings. The van der Waals surface area contributed by atoms with Crippen LogP contribution in [0.4, 0.5) is 0 Å². The topological polar surface area (TPSA) is 29.1 Å². The predicted octanol–water partition coefficient (Wildman–Crippen LogP) is 0.619. The van der Waals surface area contributed by atoms with Crippen molar-refractivity contribution in [3.8, 4) is 0 Å². The van der Waals surface area contributed by atoms with Crippen molar-refractivity contribution >= 4 is 5.78 Å². The van der Waals surface area contributed by atoms with Crippen LogP contribution >= 0.6 is 0 Å². The zero-order chi connectivity index (χ0) is 6.69. The van der Waals surface area contributed by atoms with Gasteiger partial charge in [-0.3, -0.25) is 4.79 Å². The summed E-state index contributed by atoms with van der Waals surface area (Å²) in [4.78, 5) is 10.6. The van der Waals surface area contributed by atoms with Crippen molar-refractivity contribution in [2.24, 2.45) is 0 Å². The van der Waals surface area contributed by atoms with E-state index < -0.39 is 0 Å². The second kappa shape index (κ2) is 2.49. The minimum atomic E-state index is 0.175. The zero-order valence-corrected chi connectivity index (χ0v) is 5.35. The Morgan fingerprint density at radius 1 is 1.56 bits per heavy atom. The SMILES string of the molecule is CNC1=CCC(=O)C=C1. The average Bonchev–Trinajstić information content (AvgIpc) is 1.90. The first-order chi connectivity index (χ1) is 4.33. The molecule has 1 aliphatic rings. The first-order valence-corrected chi connectivity index (χ1v) is 2.92. The number of rotatable bonds is 1. The number of carbonyl (C=O) groups excluding carboxylic acids is 1. The molecule has 0 bridgehead atoms. The van der Waals surface area contributed by atoms with Crippen LogP contribution in [0, 0.1) is 0 Å². The summed E-state index contributed by atoms with van der Waals surface area (Å²) in [5, 5.41) is 2.95. The van der Waals surface area contributed by atoms with E-state index in [-0.39, 0.29) is 5.78 Å². The molecule has 0 atom stereocenters. The number of ketones is 1. The first kappa shape index (κ1) is 6.08. The molecule has 0 heterocycles. The fraction of sp³-hybridized carbons (Fsp3) is 0.286. The Labute approximate surface area is 54.3 Å². The van der Waals surface area contributed by atoms with E-state index in [0.29, 0.717) is 6.42 Å². The molecule has 0 amide bonds. The molecule has 2 nitrogen and oxygen atoms in total. The number of hydrogen-bond donors (Lipinski definition) is 1. The minimum Gasteiger partial charge on any atom is -0.388 e. The molecule has 0 aromatic heterocycles. The highest BCUT2D eigenvalue weighted by molar-refractivity contribution is 5.92. The lowest BCUT2D eigenvalue weighted by molar-refractivity contribution is -0.113. The molecule has 1 aliphatic carbocycles. The van der Waals surface area contributed by atoms with Gasteiger partial charge >= 0.3 is 0 Å². The van der Waals surface area contributed by atoms with E-state index in [1.807, 2.05) is 13.1 Å². The first-order valence-electron chi connectivity index (χ1n) is 2.92. The van der Waals surface area contributed by atoms with Crippen LogP contribution < -0.4 is 5.32 Å². The summed E-state index contributed by atoms with van der Waals surface area (Å²) in [6.07, 6.45) is 5.78. The van der Waals surface area contributed by atoms with Gasteiger partial charge in [-0.1, -0.05) is 6.08 Å². The number of carbonyl (C=O) groups is 1. The van der Waals surface area contributed by atoms with Crippen LogP contribution in [0.2, 0.25) is 0 Å². The molecule has 9 heavy (non-hydrogen) atoms. The standard InChI is InChI=1S/C7H9NO/c1-8-6-2-4-7(9)5-3-6/h2-4,8H,5H2,1H3. The van der Waals surface area contributed by atoms with Gasteiger partial charge in [-0.05, 0) is 12.2 Å². The highest BCUT2D eigenvalue weighted by Gasteiger charge is 1.99. The van der Waals surface area contributed by atoms with Crippen molar-refractivity contribution in [3.05, 3.63) is 23.9 Å². The third kappa shape index (κ3) is 1.42. The maximum Gasteiger partial charge on any atom is 0.159 e. The van der Waals surface area contributed by atoms with Gasteiger partial charge in [-0.15, -0.1) is 0 Å². The molecule has 0 saturated carbocycles. The van der Waals surface area contributed by atoms with Crippen LogP contribution in [0.15, 0.2) is 23.9 Å². The summed E-state index contributed by atoms with van der Waals surface area (Å²) < 4.78 is 0. The molecule has 0 aliphatic heterocycles. The van der Waals surface area contributed by atoms with Gasteiger partial charge in [0.1, 0.15) is 0 Å². The lowest BCUT2D eigenvalue weighted by Crippen LogP contribution is -2.07. The Kier molecular flexibility index (Phi) is 1.68. The van der Waals surface area contributed by atoms with E-state index >= 15 is 0 Å². The Bertz CT molecular complexity index is 179. The van der Waals surface area contributed by atoms with Crippen LogP contribution in [0.3, 0.4) is 0 Å². The zero-order valence-electron chi connectivity index (χ0n) is 5.35. The lowest BCUT2D eigenvalue weighted by Gasteiger charge is -2.03. The lowest BCUT2D eigenvalue weighted by atomic mass is 10.1. The van der Waals surface area contributed by atoms with Gasteiger partial charge < -0.3 is 5.32 Å². The third-order valence-corrected chi connectivity index (χ3v) is 1.26. The van der Waals surface area contributed by atoms with Crippen molar-refractivity contribution in [3.63, 3.8) is 0 Å². The van der Waals surface area contributed by atoms with Gasteiger partial charge in [0.25, 0.3) is 0 Å². The predicted molar refractivity (Wildman–Crippen MR) is 35.9 cm³/mol. The van der Waals surface area contributed by atoms with Gasteiger partial charge in [0.05, 0.1) is 0 Å². The summed E-state index contributed by atoms with van der Waals surface area (Å²) in [6.45, 7) is 0. The van der Waals surface area contributed by atoms with Crippen LogP contribution in [-0.2, 0) is 4.79 Å². The maximum atomic E-state index is 10.6. The van der Waals surface area contributed by atoms with Crippen molar-refractivity contribution in [2.75, 3.05) is 7.05 Å². The normalized spacial score (nSPS) is 17.4. The van der Waals surface area contributed by atoms with Gasteiger partial charge in [0.15, 0.2) is 5.78 Å². The minimum absolute atomic E-state index is 0.175. The molecular weight excluding hydrogens is 114 g/mol. The van der Waals surface area contributed by atoms with Gasteiger partial charge in [-0.2, -0.15) is 0 Å². The summed E-state index contributed by atoms with van der Waals surface area (Å²) >= 11 is 0. The Balaban J connectivity index is 2.63. The van der Waals surface area contributed by atoms with E-state index in [1.165, 1.54) is 0 Å². The van der Waals surface area contributed by atoms with E-state index in [2.05, 4.69) is 5.32 Å². The summed E-state index contributed by atoms with van der Waals surface area (Å²) in [5.41, 5.74) is 1.02. The number of allylic oxidation sites excluding steroid dienone is 3. The van der Waals surface area contributed by atoms with Crippen LogP contribution in [0.1, 0.15) is 6.42 Å². The largest absolute Gasteiger partial charge is 0.388 e. The number of likely N-dealkylation sites (N-methyl/N-ethyl adjacent to an activating group) is 1. The van der Waals surface area contributed by atoms with E-state index in [1.54, 1.807) is 12.2 Å². The second-order valence-corrected chi connectivity index (χ2v) is 1.91. The van der Waals surface area contributed by atoms with E-state index in [4.69, 9.17) is 0 Å². The van der Waals surface area contributed by atoms with Crippen LogP contribution in [0.5, 0.6) is 0 Å². The van der Waals surface area contributed by atoms with Crippen molar-refractivity contribution in [1.82, 2.24) is 5.32 Å². The average molecular weight is 123 g/mol. The van der Waals surface area contributed by atoms with Gasteiger partial charge in [0.2, 0.25) is 0 Å². The summed E-state index contributed by atoms with van der Waals surface area (Å²) in [6, 6.07) is 0. The smallest absolute Gasteiger partial charge is 0.159 e. The van der Waals surface area contributed by atoms with Gasteiger partial charge in [-0.25, -0.2) is 0 Å². The molecule has 0 unspecified atom stereocenters. The molecular formula is C7H9NO. The Morgan fingerprint density at radius 3 is 2.78 bits per heavy atom. The van der Waals surface area contributed by atoms with Crippen LogP contribution in [0.25, 0.3) is 0 Å². The van der Waals surface area contributed by atoms with Crippen molar-refractivity contribution in [1.29, 1.82) is 0 Å². The third-order valence-electron chi connectivity index (χ3n) is 1.26. The molecule has 48 valence electrons. The summed E-state index contributed by atoms with van der Waals surface area (Å²) in [7, 11) is 1.84. The quantitative estimate of drug-likeness (QED) is 0.553. The van der Waals surface area contributed by atoms with Gasteiger partial charge in [0, 0.05) is 19.2 Å². The van der Waals surface area contributed by atoms with E-state index in [0.717, 1.165) is 5.70 Å². The number of hydrogen-bond acceptors (Lipinski definition) is 2. The second-order valence-electron chi connectivity index (χ2n) is 1.91. The Hall–Kier alpha value is -1.05.